The lowest BCUT2D eigenvalue weighted by molar-refractivity contribution is -0.137. The van der Waals surface area contributed by atoms with Crippen molar-refractivity contribution in [3.8, 4) is 0 Å². The zero-order valence-corrected chi connectivity index (χ0v) is 16.8. The molecule has 0 spiro atoms. The number of nitrogens with one attached hydrogen (secondary N) is 1. The van der Waals surface area contributed by atoms with Crippen LogP contribution >= 0.6 is 11.6 Å². The normalized spacial score (nSPS) is 12.0. The summed E-state index contributed by atoms with van der Waals surface area (Å²) in [5.74, 6) is -0.829. The second kappa shape index (κ2) is 8.00. The SMILES string of the molecule is Cc1ccc(N(CC(=O)Nc2cc(C(F)(F)F)ccc2Cl)S(C)(=O)=O)cc1C. The minimum Gasteiger partial charge on any atom is -0.323 e. The highest BCUT2D eigenvalue weighted by Crippen LogP contribution is 2.34. The fraction of sp³-hybridized carbons (Fsp3) is 0.278. The summed E-state index contributed by atoms with van der Waals surface area (Å²) in [4.78, 5) is 12.4. The van der Waals surface area contributed by atoms with Crippen molar-refractivity contribution in [2.24, 2.45) is 0 Å². The van der Waals surface area contributed by atoms with E-state index in [1.165, 1.54) is 0 Å². The lowest BCUT2D eigenvalue weighted by atomic mass is 10.1. The van der Waals surface area contributed by atoms with Crippen LogP contribution in [-0.2, 0) is 21.0 Å². The molecule has 0 aliphatic heterocycles. The van der Waals surface area contributed by atoms with Crippen LogP contribution in [0.4, 0.5) is 24.5 Å². The summed E-state index contributed by atoms with van der Waals surface area (Å²) < 4.78 is 63.7. The van der Waals surface area contributed by atoms with Crippen molar-refractivity contribution in [2.45, 2.75) is 20.0 Å². The van der Waals surface area contributed by atoms with Crippen LogP contribution in [0.5, 0.6) is 0 Å². The minimum atomic E-state index is -4.61. The van der Waals surface area contributed by atoms with Crippen molar-refractivity contribution in [1.29, 1.82) is 0 Å². The Kier molecular flexibility index (Phi) is 6.30. The van der Waals surface area contributed by atoms with Crippen LogP contribution in [0.15, 0.2) is 36.4 Å². The molecule has 28 heavy (non-hydrogen) atoms. The van der Waals surface area contributed by atoms with Crippen LogP contribution in [0.25, 0.3) is 0 Å². The minimum absolute atomic E-state index is 0.0987. The Labute approximate surface area is 166 Å². The van der Waals surface area contributed by atoms with Crippen molar-refractivity contribution in [3.05, 3.63) is 58.1 Å². The van der Waals surface area contributed by atoms with Crippen LogP contribution < -0.4 is 9.62 Å². The number of benzene rings is 2. The maximum absolute atomic E-state index is 12.9. The topological polar surface area (TPSA) is 66.5 Å². The molecule has 0 aromatic heterocycles. The van der Waals surface area contributed by atoms with Gasteiger partial charge in [-0.1, -0.05) is 17.7 Å². The molecule has 0 radical (unpaired) electrons. The Morgan fingerprint density at radius 3 is 2.29 bits per heavy atom. The number of hydrogen-bond donors (Lipinski definition) is 1. The molecule has 0 fully saturated rings. The molecule has 0 aliphatic carbocycles. The lowest BCUT2D eigenvalue weighted by Crippen LogP contribution is -2.37. The summed E-state index contributed by atoms with van der Waals surface area (Å²) >= 11 is 5.86. The number of alkyl halides is 3. The van der Waals surface area contributed by atoms with Gasteiger partial charge in [0.2, 0.25) is 15.9 Å². The first-order chi connectivity index (χ1) is 12.8. The molecule has 5 nitrogen and oxygen atoms in total. The number of aryl methyl sites for hydroxylation is 2. The number of hydrogen-bond acceptors (Lipinski definition) is 3. The van der Waals surface area contributed by atoms with Gasteiger partial charge in [0.15, 0.2) is 0 Å². The average molecular weight is 435 g/mol. The smallest absolute Gasteiger partial charge is 0.323 e. The number of anilines is 2. The first kappa shape index (κ1) is 22.0. The van der Waals surface area contributed by atoms with E-state index in [1.54, 1.807) is 25.1 Å². The third-order valence-corrected chi connectivity index (χ3v) is 5.50. The van der Waals surface area contributed by atoms with Crippen LogP contribution in [0.2, 0.25) is 5.02 Å². The third-order valence-electron chi connectivity index (χ3n) is 4.03. The predicted molar refractivity (Wildman–Crippen MR) is 103 cm³/mol. The Morgan fingerprint density at radius 1 is 1.11 bits per heavy atom. The Morgan fingerprint density at radius 2 is 1.75 bits per heavy atom. The number of rotatable bonds is 5. The van der Waals surface area contributed by atoms with Gasteiger partial charge in [-0.2, -0.15) is 13.2 Å². The number of halogens is 4. The first-order valence-corrected chi connectivity index (χ1v) is 10.2. The van der Waals surface area contributed by atoms with Crippen LogP contribution in [0, 0.1) is 13.8 Å². The molecule has 2 aromatic rings. The maximum Gasteiger partial charge on any atom is 0.416 e. The first-order valence-electron chi connectivity index (χ1n) is 8.00. The van der Waals surface area contributed by atoms with Crippen molar-refractivity contribution in [2.75, 3.05) is 22.4 Å². The van der Waals surface area contributed by atoms with E-state index in [9.17, 15) is 26.4 Å². The zero-order chi connectivity index (χ0) is 21.3. The summed E-state index contributed by atoms with van der Waals surface area (Å²) in [6.45, 7) is 3.03. The number of amides is 1. The van der Waals surface area contributed by atoms with E-state index >= 15 is 0 Å². The molecular weight excluding hydrogens is 417 g/mol. The summed E-state index contributed by atoms with van der Waals surface area (Å²) in [5, 5.41) is 2.15. The van der Waals surface area contributed by atoms with Gasteiger partial charge in [-0.3, -0.25) is 9.10 Å². The molecule has 2 aromatic carbocycles. The second-order valence-electron chi connectivity index (χ2n) is 6.28. The van der Waals surface area contributed by atoms with Gasteiger partial charge in [0.1, 0.15) is 6.54 Å². The molecule has 2 rings (SSSR count). The molecule has 152 valence electrons. The number of carbonyl (C=O) groups excluding carboxylic acids is 1. The van der Waals surface area contributed by atoms with Gasteiger partial charge in [0, 0.05) is 0 Å². The Bertz CT molecular complexity index is 1010. The van der Waals surface area contributed by atoms with E-state index in [2.05, 4.69) is 5.32 Å². The maximum atomic E-state index is 12.9. The molecule has 0 unspecified atom stereocenters. The second-order valence-corrected chi connectivity index (χ2v) is 8.59. The van der Waals surface area contributed by atoms with Crippen molar-refractivity contribution >= 4 is 38.9 Å². The fourth-order valence-electron chi connectivity index (χ4n) is 2.40. The van der Waals surface area contributed by atoms with Gasteiger partial charge in [0.25, 0.3) is 0 Å². The molecular formula is C18H18ClF3N2O3S. The van der Waals surface area contributed by atoms with E-state index in [-0.39, 0.29) is 16.4 Å². The van der Waals surface area contributed by atoms with Crippen molar-refractivity contribution in [3.63, 3.8) is 0 Å². The molecule has 0 saturated carbocycles. The van der Waals surface area contributed by atoms with E-state index in [0.717, 1.165) is 33.8 Å². The fourth-order valence-corrected chi connectivity index (χ4v) is 3.41. The summed E-state index contributed by atoms with van der Waals surface area (Å²) in [6, 6.07) is 7.37. The van der Waals surface area contributed by atoms with Gasteiger partial charge in [-0.25, -0.2) is 8.42 Å². The van der Waals surface area contributed by atoms with E-state index < -0.39 is 34.2 Å². The van der Waals surface area contributed by atoms with E-state index in [1.807, 2.05) is 6.92 Å². The van der Waals surface area contributed by atoms with Gasteiger partial charge < -0.3 is 5.32 Å². The number of carbonyl (C=O) groups is 1. The highest BCUT2D eigenvalue weighted by molar-refractivity contribution is 7.92. The van der Waals surface area contributed by atoms with Crippen LogP contribution in [-0.4, -0.2) is 27.1 Å². The average Bonchev–Trinajstić information content (AvgIpc) is 2.55. The summed E-state index contributed by atoms with van der Waals surface area (Å²) in [7, 11) is -3.82. The molecule has 0 aliphatic rings. The summed E-state index contributed by atoms with van der Waals surface area (Å²) in [5.41, 5.74) is 0.803. The zero-order valence-electron chi connectivity index (χ0n) is 15.3. The third kappa shape index (κ3) is 5.39. The van der Waals surface area contributed by atoms with Crippen LogP contribution in [0.1, 0.15) is 16.7 Å². The van der Waals surface area contributed by atoms with E-state index in [0.29, 0.717) is 6.07 Å². The number of nitrogens with zero attached hydrogens (tertiary/aromatic N) is 1. The molecule has 0 bridgehead atoms. The Balaban J connectivity index is 2.29. The van der Waals surface area contributed by atoms with Crippen molar-refractivity contribution < 1.29 is 26.4 Å². The largest absolute Gasteiger partial charge is 0.416 e. The van der Waals surface area contributed by atoms with Gasteiger partial charge in [-0.05, 0) is 55.3 Å². The van der Waals surface area contributed by atoms with Gasteiger partial charge >= 0.3 is 6.18 Å². The van der Waals surface area contributed by atoms with Crippen LogP contribution in [0.3, 0.4) is 0 Å². The molecule has 0 saturated heterocycles. The van der Waals surface area contributed by atoms with Gasteiger partial charge in [0.05, 0.1) is 28.2 Å². The molecule has 0 heterocycles. The highest BCUT2D eigenvalue weighted by atomic mass is 35.5. The monoisotopic (exact) mass is 434 g/mol. The quantitative estimate of drug-likeness (QED) is 0.759. The number of sulfonamides is 1. The molecule has 0 atom stereocenters. The summed E-state index contributed by atoms with van der Waals surface area (Å²) in [6.07, 6.45) is -3.67. The molecule has 10 heteroatoms. The molecule has 1 amide bonds. The van der Waals surface area contributed by atoms with E-state index in [4.69, 9.17) is 11.6 Å². The van der Waals surface area contributed by atoms with Gasteiger partial charge in [-0.15, -0.1) is 0 Å². The molecule has 1 N–H and O–H groups in total. The lowest BCUT2D eigenvalue weighted by Gasteiger charge is -2.23. The van der Waals surface area contributed by atoms with Crippen molar-refractivity contribution in [1.82, 2.24) is 0 Å². The standard InChI is InChI=1S/C18H18ClF3N2O3S/c1-11-4-6-14(8-12(11)2)24(28(3,26)27)10-17(25)23-16-9-13(18(20,21)22)5-7-15(16)19/h4-9H,10H2,1-3H3,(H,23,25). The highest BCUT2D eigenvalue weighted by Gasteiger charge is 2.31. The predicted octanol–water partition coefficient (Wildman–Crippen LogP) is 4.38. The Hall–Kier alpha value is -2.26.